The molecule has 0 aliphatic heterocycles. The minimum atomic E-state index is -6.16. The number of halogens is 4. The highest BCUT2D eigenvalue weighted by Gasteiger charge is 2.49. The molecule has 3 N–H and O–H groups in total. The highest BCUT2D eigenvalue weighted by molar-refractivity contribution is 7.87. The first-order chi connectivity index (χ1) is 18.3. The lowest BCUT2D eigenvalue weighted by molar-refractivity contribution is -0.0501. The number of aromatic nitrogens is 3. The van der Waals surface area contributed by atoms with Gasteiger partial charge in [0.25, 0.3) is 5.56 Å². The van der Waals surface area contributed by atoms with Crippen LogP contribution in [0, 0.1) is 12.7 Å². The van der Waals surface area contributed by atoms with Crippen molar-refractivity contribution in [3.8, 4) is 17.1 Å². The van der Waals surface area contributed by atoms with Gasteiger partial charge >= 0.3 is 15.6 Å². The average molecular weight is 573 g/mol. The van der Waals surface area contributed by atoms with Crippen LogP contribution < -0.4 is 20.4 Å². The summed E-state index contributed by atoms with van der Waals surface area (Å²) in [7, 11) is -4.61. The third kappa shape index (κ3) is 6.34. The van der Waals surface area contributed by atoms with Gasteiger partial charge in [-0.1, -0.05) is 12.1 Å². The van der Waals surface area contributed by atoms with Crippen LogP contribution in [0.15, 0.2) is 52.0 Å². The smallest absolute Gasteiger partial charge is 0.404 e. The molecule has 0 fully saturated rings. The van der Waals surface area contributed by atoms with E-state index in [4.69, 9.17) is 5.73 Å². The number of aliphatic hydroxyl groups excluding tert-OH is 1. The minimum Gasteiger partial charge on any atom is -0.404 e. The SMILES string of the molecule is CN=C/C(=C\N)CCN(CCO)c1cn2c(=O)c(C)c(OS(=O)(=O)C(F)(F)F)nc2c(-c2ccccc2F)n1. The zero-order valence-corrected chi connectivity index (χ0v) is 21.5. The first-order valence-electron chi connectivity index (χ1n) is 11.2. The molecule has 0 amide bonds. The Hall–Kier alpha value is -4.05. The Morgan fingerprint density at radius 1 is 1.26 bits per heavy atom. The predicted molar refractivity (Wildman–Crippen MR) is 136 cm³/mol. The average Bonchev–Trinajstić information content (AvgIpc) is 2.88. The number of alkyl halides is 3. The predicted octanol–water partition coefficient (Wildman–Crippen LogP) is 2.16. The summed E-state index contributed by atoms with van der Waals surface area (Å²) < 4.78 is 82.0. The lowest BCUT2D eigenvalue weighted by atomic mass is 10.1. The Balaban J connectivity index is 2.29. The Labute approximate surface area is 220 Å². The van der Waals surface area contributed by atoms with Crippen molar-refractivity contribution in [2.75, 3.05) is 31.6 Å². The van der Waals surface area contributed by atoms with E-state index in [1.807, 2.05) is 0 Å². The molecule has 0 radical (unpaired) electrons. The van der Waals surface area contributed by atoms with Crippen LogP contribution in [0.25, 0.3) is 16.9 Å². The molecule has 0 aliphatic carbocycles. The number of hydrogen-bond donors (Lipinski definition) is 2. The van der Waals surface area contributed by atoms with Crippen LogP contribution in [0.5, 0.6) is 5.88 Å². The Bertz CT molecular complexity index is 1590. The normalized spacial score (nSPS) is 12.8. The summed E-state index contributed by atoms with van der Waals surface area (Å²) in [5.74, 6) is -1.85. The van der Waals surface area contributed by atoms with Gasteiger partial charge in [0.2, 0.25) is 5.88 Å². The molecule has 0 unspecified atom stereocenters. The van der Waals surface area contributed by atoms with Gasteiger partial charge < -0.3 is 19.9 Å². The summed E-state index contributed by atoms with van der Waals surface area (Å²) in [6.45, 7) is 0.950. The molecule has 0 saturated carbocycles. The third-order valence-corrected chi connectivity index (χ3v) is 6.40. The molecule has 1 aromatic carbocycles. The molecular formula is C23H24F4N6O5S. The maximum Gasteiger partial charge on any atom is 0.534 e. The maximum atomic E-state index is 14.9. The number of nitrogens with two attached hydrogens (primary N) is 1. The molecule has 39 heavy (non-hydrogen) atoms. The van der Waals surface area contributed by atoms with Gasteiger partial charge in [0, 0.05) is 31.9 Å². The van der Waals surface area contributed by atoms with E-state index in [0.29, 0.717) is 12.0 Å². The monoisotopic (exact) mass is 572 g/mol. The van der Waals surface area contributed by atoms with Crippen molar-refractivity contribution in [1.82, 2.24) is 14.4 Å². The van der Waals surface area contributed by atoms with Crippen molar-refractivity contribution < 1.29 is 35.3 Å². The largest absolute Gasteiger partial charge is 0.534 e. The van der Waals surface area contributed by atoms with Crippen molar-refractivity contribution in [2.45, 2.75) is 18.9 Å². The zero-order valence-electron chi connectivity index (χ0n) is 20.7. The number of aliphatic hydroxyl groups is 1. The second-order valence-electron chi connectivity index (χ2n) is 8.04. The summed E-state index contributed by atoms with van der Waals surface area (Å²) >= 11 is 0. The fourth-order valence-electron chi connectivity index (χ4n) is 3.50. The van der Waals surface area contributed by atoms with Gasteiger partial charge in [-0.15, -0.1) is 0 Å². The maximum absolute atomic E-state index is 14.9. The lowest BCUT2D eigenvalue weighted by Gasteiger charge is -2.24. The number of benzene rings is 1. The highest BCUT2D eigenvalue weighted by atomic mass is 32.2. The Morgan fingerprint density at radius 2 is 1.95 bits per heavy atom. The van der Waals surface area contributed by atoms with E-state index in [2.05, 4.69) is 19.1 Å². The fourth-order valence-corrected chi connectivity index (χ4v) is 3.96. The van der Waals surface area contributed by atoms with Crippen LogP contribution in [-0.4, -0.2) is 66.4 Å². The van der Waals surface area contributed by atoms with Crippen LogP contribution in [-0.2, 0) is 10.1 Å². The summed E-state index contributed by atoms with van der Waals surface area (Å²) in [6, 6.07) is 5.22. The molecule has 2 aromatic heterocycles. The first kappa shape index (κ1) is 29.5. The van der Waals surface area contributed by atoms with E-state index in [9.17, 15) is 35.9 Å². The van der Waals surface area contributed by atoms with Crippen LogP contribution in [0.3, 0.4) is 0 Å². The van der Waals surface area contributed by atoms with Crippen molar-refractivity contribution >= 4 is 27.8 Å². The van der Waals surface area contributed by atoms with Gasteiger partial charge in [-0.3, -0.25) is 14.2 Å². The molecule has 0 saturated heterocycles. The van der Waals surface area contributed by atoms with Gasteiger partial charge in [-0.05, 0) is 37.3 Å². The van der Waals surface area contributed by atoms with Gasteiger partial charge in [-0.25, -0.2) is 9.37 Å². The Kier molecular flexibility index (Phi) is 8.91. The molecular weight excluding hydrogens is 548 g/mol. The number of hydrogen-bond acceptors (Lipinski definition) is 10. The summed E-state index contributed by atoms with van der Waals surface area (Å²) in [6.07, 6.45) is 4.41. The molecule has 3 rings (SSSR count). The van der Waals surface area contributed by atoms with Crippen molar-refractivity contribution in [3.63, 3.8) is 0 Å². The number of fused-ring (bicyclic) bond motifs is 1. The molecule has 0 aliphatic rings. The number of rotatable bonds is 10. The van der Waals surface area contributed by atoms with Crippen LogP contribution in [0.4, 0.5) is 23.4 Å². The second kappa shape index (κ2) is 11.8. The standard InChI is InChI=1S/C23H24F4N6O5S/c1-14-21(38-39(36,37)23(25,26)27)31-20-19(16-5-3-4-6-17(16)24)30-18(13-33(20)22(14)35)32(9-10-34)8-7-15(11-28)12-29-2/h3-6,11-13,34H,7-10,28H2,1-2H3/b15-11-,29-12?. The van der Waals surface area contributed by atoms with E-state index < -0.39 is 44.1 Å². The van der Waals surface area contributed by atoms with Crippen LogP contribution in [0.2, 0.25) is 0 Å². The molecule has 2 heterocycles. The molecule has 210 valence electrons. The number of nitrogens with zero attached hydrogens (tertiary/aromatic N) is 5. The van der Waals surface area contributed by atoms with E-state index in [1.165, 1.54) is 36.8 Å². The third-order valence-electron chi connectivity index (χ3n) is 5.45. The topological polar surface area (TPSA) is 152 Å². The zero-order chi connectivity index (χ0) is 29.0. The number of anilines is 1. The van der Waals surface area contributed by atoms with Crippen molar-refractivity contribution in [2.24, 2.45) is 10.7 Å². The van der Waals surface area contributed by atoms with Gasteiger partial charge in [0.1, 0.15) is 17.3 Å². The second-order valence-corrected chi connectivity index (χ2v) is 9.58. The quantitative estimate of drug-likeness (QED) is 0.161. The van der Waals surface area contributed by atoms with Crippen molar-refractivity contribution in [3.05, 3.63) is 64.0 Å². The number of aliphatic imine (C=N–C) groups is 1. The fraction of sp³-hybridized carbons (Fsp3) is 0.304. The minimum absolute atomic E-state index is 0.0303. The van der Waals surface area contributed by atoms with Crippen LogP contribution >= 0.6 is 0 Å². The first-order valence-corrected chi connectivity index (χ1v) is 12.6. The summed E-state index contributed by atoms with van der Waals surface area (Å²) in [5.41, 5.74) is -1.99. The highest BCUT2D eigenvalue weighted by Crippen LogP contribution is 2.30. The molecule has 11 nitrogen and oxygen atoms in total. The van der Waals surface area contributed by atoms with Gasteiger partial charge in [0.05, 0.1) is 18.4 Å². The molecule has 3 aromatic rings. The van der Waals surface area contributed by atoms with Crippen LogP contribution in [0.1, 0.15) is 12.0 Å². The summed E-state index contributed by atoms with van der Waals surface area (Å²) in [5, 5.41) is 9.64. The van der Waals surface area contributed by atoms with Crippen molar-refractivity contribution in [1.29, 1.82) is 0 Å². The molecule has 16 heteroatoms. The van der Waals surface area contributed by atoms with E-state index in [1.54, 1.807) is 11.9 Å². The van der Waals surface area contributed by atoms with E-state index in [-0.39, 0.29) is 36.8 Å². The van der Waals surface area contributed by atoms with Gasteiger partial charge in [-0.2, -0.15) is 26.6 Å². The molecule has 0 atom stereocenters. The van der Waals surface area contributed by atoms with E-state index >= 15 is 0 Å². The molecule has 0 bridgehead atoms. The summed E-state index contributed by atoms with van der Waals surface area (Å²) in [4.78, 5) is 26.9. The lowest BCUT2D eigenvalue weighted by Crippen LogP contribution is -2.32. The van der Waals surface area contributed by atoms with E-state index in [0.717, 1.165) is 17.4 Å². The molecule has 0 spiro atoms. The Morgan fingerprint density at radius 3 is 2.54 bits per heavy atom. The van der Waals surface area contributed by atoms with Gasteiger partial charge in [0.15, 0.2) is 5.65 Å².